The number of carbonyl (C=O) groups is 2. The van der Waals surface area contributed by atoms with Crippen molar-refractivity contribution in [1.82, 2.24) is 4.90 Å². The molecular weight excluding hydrogens is 368 g/mol. The summed E-state index contributed by atoms with van der Waals surface area (Å²) >= 11 is 0. The van der Waals surface area contributed by atoms with Gasteiger partial charge in [-0.3, -0.25) is 9.59 Å². The Labute approximate surface area is 170 Å². The van der Waals surface area contributed by atoms with Gasteiger partial charge in [0.05, 0.1) is 0 Å². The lowest BCUT2D eigenvalue weighted by Gasteiger charge is -2.31. The molecule has 6 heteroatoms. The Morgan fingerprint density at radius 3 is 2.66 bits per heavy atom. The number of anilines is 1. The van der Waals surface area contributed by atoms with E-state index in [1.54, 1.807) is 24.3 Å². The summed E-state index contributed by atoms with van der Waals surface area (Å²) in [6.45, 7) is 0.0276. The number of nitrogens with one attached hydrogen (secondary N) is 1. The SMILES string of the molecule is CN(C(=O)c1cccc(NC(=O)[C@H]2OCOc3ccccc32)c1)C1CCCCC1. The summed E-state index contributed by atoms with van der Waals surface area (Å²) in [5.41, 5.74) is 1.84. The number of nitrogens with zero attached hydrogens (tertiary/aromatic N) is 1. The van der Waals surface area contributed by atoms with Gasteiger partial charge in [0.15, 0.2) is 12.9 Å². The third-order valence-electron chi connectivity index (χ3n) is 5.71. The van der Waals surface area contributed by atoms with Crippen LogP contribution >= 0.6 is 0 Å². The van der Waals surface area contributed by atoms with Crippen molar-refractivity contribution in [3.8, 4) is 5.75 Å². The molecule has 2 aromatic rings. The first-order valence-electron chi connectivity index (χ1n) is 10.1. The molecule has 6 nitrogen and oxygen atoms in total. The fourth-order valence-electron chi connectivity index (χ4n) is 4.08. The Kier molecular flexibility index (Phi) is 5.81. The van der Waals surface area contributed by atoms with Crippen molar-refractivity contribution in [1.29, 1.82) is 0 Å². The standard InChI is InChI=1S/C23H26N2O4/c1-25(18-10-3-2-4-11-18)23(27)16-8-7-9-17(14-16)24-22(26)21-19-12-5-6-13-20(19)28-15-29-21/h5-9,12-14,18,21H,2-4,10-11,15H2,1H3,(H,24,26)/t21-/m0/s1. The average molecular weight is 394 g/mol. The van der Waals surface area contributed by atoms with Gasteiger partial charge in [-0.05, 0) is 37.1 Å². The van der Waals surface area contributed by atoms with Crippen LogP contribution in [0, 0.1) is 0 Å². The number of hydrogen-bond donors (Lipinski definition) is 1. The van der Waals surface area contributed by atoms with Crippen LogP contribution in [0.4, 0.5) is 5.69 Å². The maximum absolute atomic E-state index is 12.9. The maximum Gasteiger partial charge on any atom is 0.258 e. The smallest absolute Gasteiger partial charge is 0.258 e. The number of amides is 2. The van der Waals surface area contributed by atoms with E-state index in [1.807, 2.05) is 36.2 Å². The molecule has 2 amide bonds. The van der Waals surface area contributed by atoms with Crippen LogP contribution < -0.4 is 10.1 Å². The normalized spacial score (nSPS) is 19.0. The van der Waals surface area contributed by atoms with Crippen molar-refractivity contribution in [2.45, 2.75) is 44.2 Å². The third kappa shape index (κ3) is 4.27. The van der Waals surface area contributed by atoms with Gasteiger partial charge in [0.2, 0.25) is 0 Å². The minimum atomic E-state index is -0.746. The number of ether oxygens (including phenoxy) is 2. The highest BCUT2D eigenvalue weighted by atomic mass is 16.7. The van der Waals surface area contributed by atoms with Crippen LogP contribution in [0.25, 0.3) is 0 Å². The number of hydrogen-bond acceptors (Lipinski definition) is 4. The molecule has 1 atom stereocenters. The summed E-state index contributed by atoms with van der Waals surface area (Å²) in [6, 6.07) is 14.7. The zero-order chi connectivity index (χ0) is 20.2. The van der Waals surface area contributed by atoms with E-state index in [0.717, 1.165) is 12.8 Å². The monoisotopic (exact) mass is 394 g/mol. The first-order chi connectivity index (χ1) is 14.1. The molecule has 1 aliphatic heterocycles. The molecule has 2 aromatic carbocycles. The molecular formula is C23H26N2O4. The van der Waals surface area contributed by atoms with E-state index in [1.165, 1.54) is 19.3 Å². The highest BCUT2D eigenvalue weighted by Gasteiger charge is 2.29. The van der Waals surface area contributed by atoms with E-state index in [9.17, 15) is 9.59 Å². The molecule has 1 N–H and O–H groups in total. The Morgan fingerprint density at radius 2 is 1.83 bits per heavy atom. The Morgan fingerprint density at radius 1 is 1.03 bits per heavy atom. The lowest BCUT2D eigenvalue weighted by atomic mass is 9.94. The minimum Gasteiger partial charge on any atom is -0.467 e. The molecule has 0 bridgehead atoms. The first-order valence-corrected chi connectivity index (χ1v) is 10.1. The van der Waals surface area contributed by atoms with Crippen molar-refractivity contribution in [3.05, 3.63) is 59.7 Å². The van der Waals surface area contributed by atoms with E-state index >= 15 is 0 Å². The molecule has 0 saturated heterocycles. The van der Waals surface area contributed by atoms with Gasteiger partial charge >= 0.3 is 0 Å². The quantitative estimate of drug-likeness (QED) is 0.846. The predicted octanol–water partition coefficient (Wildman–Crippen LogP) is 4.14. The van der Waals surface area contributed by atoms with Crippen LogP contribution in [0.15, 0.2) is 48.5 Å². The van der Waals surface area contributed by atoms with Gasteiger partial charge in [0.1, 0.15) is 5.75 Å². The largest absolute Gasteiger partial charge is 0.467 e. The molecule has 2 aliphatic rings. The highest BCUT2D eigenvalue weighted by molar-refractivity contribution is 5.98. The summed E-state index contributed by atoms with van der Waals surface area (Å²) in [5, 5.41) is 2.88. The third-order valence-corrected chi connectivity index (χ3v) is 5.71. The van der Waals surface area contributed by atoms with Gasteiger partial charge < -0.3 is 19.7 Å². The van der Waals surface area contributed by atoms with Gasteiger partial charge in [0.25, 0.3) is 11.8 Å². The van der Waals surface area contributed by atoms with Gasteiger partial charge in [-0.25, -0.2) is 0 Å². The molecule has 29 heavy (non-hydrogen) atoms. The van der Waals surface area contributed by atoms with E-state index in [0.29, 0.717) is 28.6 Å². The molecule has 0 radical (unpaired) electrons. The lowest BCUT2D eigenvalue weighted by Crippen LogP contribution is -2.38. The molecule has 4 rings (SSSR count). The lowest BCUT2D eigenvalue weighted by molar-refractivity contribution is -0.136. The van der Waals surface area contributed by atoms with Crippen LogP contribution in [-0.2, 0) is 9.53 Å². The highest BCUT2D eigenvalue weighted by Crippen LogP contribution is 2.32. The second-order valence-electron chi connectivity index (χ2n) is 7.62. The minimum absolute atomic E-state index is 0.0133. The van der Waals surface area contributed by atoms with E-state index in [2.05, 4.69) is 5.32 Å². The first kappa shape index (κ1) is 19.5. The van der Waals surface area contributed by atoms with Crippen molar-refractivity contribution >= 4 is 17.5 Å². The number of para-hydroxylation sites is 1. The number of carbonyl (C=O) groups excluding carboxylic acids is 2. The predicted molar refractivity (Wildman–Crippen MR) is 110 cm³/mol. The summed E-state index contributed by atoms with van der Waals surface area (Å²) < 4.78 is 11.0. The second-order valence-corrected chi connectivity index (χ2v) is 7.62. The van der Waals surface area contributed by atoms with Crippen LogP contribution in [0.2, 0.25) is 0 Å². The van der Waals surface area contributed by atoms with Gasteiger partial charge in [-0.1, -0.05) is 43.5 Å². The van der Waals surface area contributed by atoms with Crippen molar-refractivity contribution in [3.63, 3.8) is 0 Å². The fraction of sp³-hybridized carbons (Fsp3) is 0.391. The van der Waals surface area contributed by atoms with E-state index in [4.69, 9.17) is 9.47 Å². The molecule has 1 saturated carbocycles. The molecule has 1 aliphatic carbocycles. The van der Waals surface area contributed by atoms with Crippen LogP contribution in [0.3, 0.4) is 0 Å². The second kappa shape index (κ2) is 8.66. The van der Waals surface area contributed by atoms with Crippen molar-refractivity contribution in [2.24, 2.45) is 0 Å². The molecule has 0 spiro atoms. The summed E-state index contributed by atoms with van der Waals surface area (Å²) in [4.78, 5) is 27.6. The van der Waals surface area contributed by atoms with Gasteiger partial charge in [0, 0.05) is 29.9 Å². The molecule has 0 aromatic heterocycles. The number of benzene rings is 2. The Hall–Kier alpha value is -2.86. The van der Waals surface area contributed by atoms with Crippen LogP contribution in [-0.4, -0.2) is 36.6 Å². The summed E-state index contributed by atoms with van der Waals surface area (Å²) in [5.74, 6) is 0.351. The molecule has 1 fully saturated rings. The number of fused-ring (bicyclic) bond motifs is 1. The summed E-state index contributed by atoms with van der Waals surface area (Å²) in [6.07, 6.45) is 4.95. The number of rotatable bonds is 4. The molecule has 1 heterocycles. The van der Waals surface area contributed by atoms with E-state index < -0.39 is 6.10 Å². The zero-order valence-electron chi connectivity index (χ0n) is 16.6. The topological polar surface area (TPSA) is 67.9 Å². The fourth-order valence-corrected chi connectivity index (χ4v) is 4.08. The van der Waals surface area contributed by atoms with E-state index in [-0.39, 0.29) is 18.6 Å². The zero-order valence-corrected chi connectivity index (χ0v) is 16.6. The summed E-state index contributed by atoms with van der Waals surface area (Å²) in [7, 11) is 1.87. The van der Waals surface area contributed by atoms with Crippen LogP contribution in [0.5, 0.6) is 5.75 Å². The average Bonchev–Trinajstić information content (AvgIpc) is 2.78. The van der Waals surface area contributed by atoms with Crippen LogP contribution in [0.1, 0.15) is 54.1 Å². The Bertz CT molecular complexity index is 892. The maximum atomic E-state index is 12.9. The molecule has 152 valence electrons. The van der Waals surface area contributed by atoms with Crippen molar-refractivity contribution in [2.75, 3.05) is 19.2 Å². The van der Waals surface area contributed by atoms with Gasteiger partial charge in [-0.15, -0.1) is 0 Å². The van der Waals surface area contributed by atoms with Crippen molar-refractivity contribution < 1.29 is 19.1 Å². The molecule has 0 unspecified atom stereocenters. The van der Waals surface area contributed by atoms with Gasteiger partial charge in [-0.2, -0.15) is 0 Å². The Balaban J connectivity index is 1.46.